The van der Waals surface area contributed by atoms with Gasteiger partial charge in [-0.15, -0.1) is 32.0 Å². The maximum absolute atomic E-state index is 12.7. The van der Waals surface area contributed by atoms with Crippen LogP contribution in [0.5, 0.6) is 0 Å². The van der Waals surface area contributed by atoms with E-state index in [1.165, 1.54) is 50.8 Å². The number of fused-ring (bicyclic) bond motifs is 1. The summed E-state index contributed by atoms with van der Waals surface area (Å²) in [4.78, 5) is 49.2. The number of nitrogens with zero attached hydrogens (tertiary/aromatic N) is 8. The molecule has 2 aliphatic heterocycles. The average molecular weight is 468 g/mol. The first-order chi connectivity index (χ1) is 14.5. The lowest BCUT2D eigenvalue weighted by Crippen LogP contribution is -2.70. The highest BCUT2D eigenvalue weighted by Gasteiger charge is 2.54. The van der Waals surface area contributed by atoms with Crippen molar-refractivity contribution in [2.75, 3.05) is 11.5 Å². The Morgan fingerprint density at radius 1 is 1.40 bits per heavy atom. The molecule has 16 heteroatoms. The molecule has 3 amide bonds. The number of carbonyl (C=O) groups excluding carboxylic acids is 3. The number of aromatic nitrogens is 6. The zero-order valence-electron chi connectivity index (χ0n) is 15.3. The van der Waals surface area contributed by atoms with Crippen LogP contribution in [0.3, 0.4) is 0 Å². The molecule has 0 bridgehead atoms. The minimum atomic E-state index is -1.00. The molecule has 0 unspecified atom stereocenters. The Bertz CT molecular complexity index is 1040. The number of hydrogen-bond donors (Lipinski definition) is 1. The molecule has 156 valence electrons. The summed E-state index contributed by atoms with van der Waals surface area (Å²) in [5.74, 6) is -1.14. The van der Waals surface area contributed by atoms with Gasteiger partial charge in [-0.05, 0) is 22.9 Å². The second-order valence-corrected chi connectivity index (χ2v) is 9.70. The zero-order chi connectivity index (χ0) is 21.3. The molecule has 1 fully saturated rings. The molecule has 0 aliphatic carbocycles. The quantitative estimate of drug-likeness (QED) is 0.319. The summed E-state index contributed by atoms with van der Waals surface area (Å²) >= 11 is 4.18. The van der Waals surface area contributed by atoms with Gasteiger partial charge in [-0.25, -0.2) is 4.68 Å². The fourth-order valence-electron chi connectivity index (χ4n) is 2.94. The third-order valence-corrected chi connectivity index (χ3v) is 7.62. The summed E-state index contributed by atoms with van der Waals surface area (Å²) < 4.78 is 1.94. The minimum absolute atomic E-state index is 0.0153. The van der Waals surface area contributed by atoms with Gasteiger partial charge in [-0.3, -0.25) is 19.3 Å². The Hall–Kier alpha value is -2.72. The van der Waals surface area contributed by atoms with Crippen LogP contribution >= 0.6 is 34.9 Å². The standard InChI is InChI=1S/C14H13N9O4S3/c1-6-17-18-14(30-6)29-4-7-3-28-13-9(12(26)23(13)10(7)11(25)19-27)16-8(24)2-22-5-15-20-21-22/h5,9,13H,2-4H2,1H3,(H,16,24)/t9-,13-/m1/s1. The number of nitroso groups, excluding NO2 is 1. The van der Waals surface area contributed by atoms with Gasteiger partial charge in [0, 0.05) is 16.7 Å². The van der Waals surface area contributed by atoms with Crippen molar-refractivity contribution in [1.29, 1.82) is 0 Å². The highest BCUT2D eigenvalue weighted by atomic mass is 32.2. The summed E-state index contributed by atoms with van der Waals surface area (Å²) in [6, 6.07) is -0.812. The Kier molecular flexibility index (Phi) is 5.87. The van der Waals surface area contributed by atoms with E-state index < -0.39 is 29.1 Å². The van der Waals surface area contributed by atoms with Gasteiger partial charge in [-0.2, -0.15) is 0 Å². The molecular formula is C14H13N9O4S3. The van der Waals surface area contributed by atoms with Gasteiger partial charge in [0.25, 0.3) is 5.91 Å². The van der Waals surface area contributed by atoms with E-state index in [1.54, 1.807) is 0 Å². The minimum Gasteiger partial charge on any atom is -0.340 e. The van der Waals surface area contributed by atoms with Crippen LogP contribution in [-0.2, 0) is 20.9 Å². The Balaban J connectivity index is 1.47. The lowest BCUT2D eigenvalue weighted by atomic mass is 10.0. The predicted molar refractivity (Wildman–Crippen MR) is 106 cm³/mol. The van der Waals surface area contributed by atoms with Crippen LogP contribution in [-0.4, -0.2) is 75.9 Å². The van der Waals surface area contributed by atoms with Crippen molar-refractivity contribution in [3.63, 3.8) is 0 Å². The van der Waals surface area contributed by atoms with Crippen LogP contribution in [0.2, 0.25) is 0 Å². The van der Waals surface area contributed by atoms with Gasteiger partial charge >= 0.3 is 5.91 Å². The highest BCUT2D eigenvalue weighted by Crippen LogP contribution is 2.42. The summed E-state index contributed by atoms with van der Waals surface area (Å²) in [6.07, 6.45) is 1.28. The molecule has 2 aliphatic rings. The van der Waals surface area contributed by atoms with Crippen LogP contribution in [0.15, 0.2) is 27.1 Å². The summed E-state index contributed by atoms with van der Waals surface area (Å²) in [5, 5.41) is 23.9. The zero-order valence-corrected chi connectivity index (χ0v) is 17.7. The molecule has 0 radical (unpaired) electrons. The normalized spacial score (nSPS) is 20.6. The second-order valence-electron chi connectivity index (χ2n) is 6.19. The van der Waals surface area contributed by atoms with Crippen LogP contribution < -0.4 is 5.32 Å². The number of hydrogen-bond acceptors (Lipinski definition) is 12. The average Bonchev–Trinajstić information content (AvgIpc) is 3.40. The number of tetrazole rings is 1. The maximum Gasteiger partial charge on any atom is 0.333 e. The van der Waals surface area contributed by atoms with Crippen LogP contribution in [0.1, 0.15) is 5.01 Å². The van der Waals surface area contributed by atoms with E-state index in [0.29, 0.717) is 17.1 Å². The summed E-state index contributed by atoms with van der Waals surface area (Å²) in [7, 11) is 0. The van der Waals surface area contributed by atoms with E-state index in [2.05, 4.69) is 36.2 Å². The SMILES string of the molecule is Cc1nnc(SCC2=C(C(=O)N=O)N3C(=O)[C@@H](NC(=O)Cn4cnnn4)[C@H]3SC2)s1. The van der Waals surface area contributed by atoms with Gasteiger partial charge in [0.05, 0.1) is 0 Å². The molecule has 4 rings (SSSR count). The molecule has 2 aromatic rings. The van der Waals surface area contributed by atoms with E-state index in [1.807, 2.05) is 6.92 Å². The molecular weight excluding hydrogens is 454 g/mol. The molecule has 0 saturated carbocycles. The van der Waals surface area contributed by atoms with Crippen LogP contribution in [0.4, 0.5) is 0 Å². The monoisotopic (exact) mass is 467 g/mol. The Labute approximate surface area is 181 Å². The fourth-order valence-corrected chi connectivity index (χ4v) is 6.24. The van der Waals surface area contributed by atoms with Crippen molar-refractivity contribution in [2.24, 2.45) is 5.18 Å². The Morgan fingerprint density at radius 3 is 2.90 bits per heavy atom. The molecule has 4 heterocycles. The Morgan fingerprint density at radius 2 is 2.23 bits per heavy atom. The van der Waals surface area contributed by atoms with Crippen molar-refractivity contribution in [3.8, 4) is 0 Å². The van der Waals surface area contributed by atoms with Crippen molar-refractivity contribution in [1.82, 2.24) is 40.6 Å². The molecule has 2 atom stereocenters. The van der Waals surface area contributed by atoms with Crippen molar-refractivity contribution in [3.05, 3.63) is 27.5 Å². The first kappa shape index (κ1) is 20.5. The third kappa shape index (κ3) is 3.97. The number of amides is 3. The molecule has 13 nitrogen and oxygen atoms in total. The molecule has 0 spiro atoms. The van der Waals surface area contributed by atoms with Crippen molar-refractivity contribution < 1.29 is 14.4 Å². The molecule has 0 aromatic carbocycles. The van der Waals surface area contributed by atoms with Crippen molar-refractivity contribution >= 4 is 52.6 Å². The number of carbonyl (C=O) groups is 3. The maximum atomic E-state index is 12.7. The number of β-lactam (4-membered cyclic amide) rings is 1. The summed E-state index contributed by atoms with van der Waals surface area (Å²) in [6.45, 7) is 1.69. The number of thioether (sulfide) groups is 2. The first-order valence-electron chi connectivity index (χ1n) is 8.45. The number of rotatable bonds is 7. The van der Waals surface area contributed by atoms with Gasteiger partial charge in [0.15, 0.2) is 4.34 Å². The second kappa shape index (κ2) is 8.57. The molecule has 1 saturated heterocycles. The van der Waals surface area contributed by atoms with Gasteiger partial charge in [-0.1, -0.05) is 23.1 Å². The molecule has 30 heavy (non-hydrogen) atoms. The molecule has 1 N–H and O–H groups in total. The third-order valence-electron chi connectivity index (χ3n) is 4.22. The van der Waals surface area contributed by atoms with Gasteiger partial charge in [0.2, 0.25) is 5.91 Å². The largest absolute Gasteiger partial charge is 0.340 e. The predicted octanol–water partition coefficient (Wildman–Crippen LogP) is -0.428. The van der Waals surface area contributed by atoms with Gasteiger partial charge < -0.3 is 5.32 Å². The smallest absolute Gasteiger partial charge is 0.333 e. The van der Waals surface area contributed by atoms with E-state index in [4.69, 9.17) is 0 Å². The number of nitrogens with one attached hydrogen (secondary N) is 1. The van der Waals surface area contributed by atoms with Gasteiger partial charge in [0.1, 0.15) is 35.0 Å². The van der Waals surface area contributed by atoms with E-state index in [0.717, 1.165) is 9.35 Å². The number of aryl methyl sites for hydroxylation is 1. The summed E-state index contributed by atoms with van der Waals surface area (Å²) in [5.41, 5.74) is 0.601. The van der Waals surface area contributed by atoms with Crippen LogP contribution in [0, 0.1) is 11.8 Å². The van der Waals surface area contributed by atoms with E-state index >= 15 is 0 Å². The fraction of sp³-hybridized carbons (Fsp3) is 0.429. The lowest BCUT2D eigenvalue weighted by Gasteiger charge is -2.49. The first-order valence-corrected chi connectivity index (χ1v) is 11.3. The topological polar surface area (TPSA) is 165 Å². The molecule has 2 aromatic heterocycles. The highest BCUT2D eigenvalue weighted by molar-refractivity contribution is 8.01. The lowest BCUT2D eigenvalue weighted by molar-refractivity contribution is -0.147. The van der Waals surface area contributed by atoms with Crippen LogP contribution in [0.25, 0.3) is 0 Å². The van der Waals surface area contributed by atoms with E-state index in [9.17, 15) is 19.3 Å². The van der Waals surface area contributed by atoms with Crippen molar-refractivity contribution in [2.45, 2.75) is 29.2 Å². The van der Waals surface area contributed by atoms with E-state index in [-0.39, 0.29) is 12.2 Å².